The Morgan fingerprint density at radius 3 is 2.79 bits per heavy atom. The van der Waals surface area contributed by atoms with Crippen molar-refractivity contribution in [2.75, 3.05) is 25.1 Å². The largest absolute Gasteiger partial charge is 0.477 e. The van der Waals surface area contributed by atoms with Crippen LogP contribution in [0.15, 0.2) is 6.33 Å². The van der Waals surface area contributed by atoms with Crippen LogP contribution in [0.4, 0.5) is 5.13 Å². The number of ether oxygens (including phenoxy) is 1. The molecule has 182 valence electrons. The van der Waals surface area contributed by atoms with Crippen molar-refractivity contribution < 1.29 is 19.4 Å². The van der Waals surface area contributed by atoms with Gasteiger partial charge in [0.1, 0.15) is 27.7 Å². The van der Waals surface area contributed by atoms with E-state index in [4.69, 9.17) is 27.9 Å². The molecule has 0 spiro atoms. The Morgan fingerprint density at radius 2 is 2.18 bits per heavy atom. The van der Waals surface area contributed by atoms with Gasteiger partial charge in [0.05, 0.1) is 17.2 Å². The van der Waals surface area contributed by atoms with E-state index in [0.717, 1.165) is 11.3 Å². The van der Waals surface area contributed by atoms with Crippen molar-refractivity contribution in [2.45, 2.75) is 39.0 Å². The Labute approximate surface area is 209 Å². The maximum absolute atomic E-state index is 12.8. The van der Waals surface area contributed by atoms with Gasteiger partial charge in [0.25, 0.3) is 5.91 Å². The lowest BCUT2D eigenvalue weighted by Crippen LogP contribution is -2.55. The van der Waals surface area contributed by atoms with Crippen LogP contribution >= 0.6 is 34.5 Å². The van der Waals surface area contributed by atoms with Crippen LogP contribution in [0.5, 0.6) is 0 Å². The van der Waals surface area contributed by atoms with Gasteiger partial charge >= 0.3 is 5.97 Å². The van der Waals surface area contributed by atoms with Crippen LogP contribution in [0.3, 0.4) is 0 Å². The Balaban J connectivity index is 1.53. The number of piperidine rings is 1. The number of amides is 1. The van der Waals surface area contributed by atoms with E-state index in [2.05, 4.69) is 25.4 Å². The molecule has 1 saturated heterocycles. The smallest absolute Gasteiger partial charge is 0.348 e. The number of carboxylic acids is 1. The molecule has 1 amide bonds. The van der Waals surface area contributed by atoms with E-state index in [1.54, 1.807) is 18.7 Å². The number of hydrogen-bond donors (Lipinski definition) is 3. The molecule has 0 radical (unpaired) electrons. The van der Waals surface area contributed by atoms with Gasteiger partial charge in [0.15, 0.2) is 11.0 Å². The SMILES string of the molecule is CCn1ncnc1-c1nc(N2CC[C@@H](NC(=O)c3[nH]c(Cl)c(C)c3Cl)[C@@H](OC)C2)sc1C(=O)O. The number of hydrogen-bond acceptors (Lipinski definition) is 8. The van der Waals surface area contributed by atoms with E-state index in [9.17, 15) is 14.7 Å². The molecule has 3 aromatic heterocycles. The average molecular weight is 528 g/mol. The summed E-state index contributed by atoms with van der Waals surface area (Å²) in [5.74, 6) is -1.04. The number of thiazole rings is 1. The molecule has 3 aromatic rings. The number of methoxy groups -OCH3 is 1. The number of H-pyrrole nitrogens is 1. The lowest BCUT2D eigenvalue weighted by Gasteiger charge is -2.37. The summed E-state index contributed by atoms with van der Waals surface area (Å²) in [6.07, 6.45) is 1.57. The number of aromatic amines is 1. The number of rotatable bonds is 7. The molecule has 0 unspecified atom stereocenters. The fourth-order valence-electron chi connectivity index (χ4n) is 3.85. The van der Waals surface area contributed by atoms with Crippen molar-refractivity contribution in [3.63, 3.8) is 0 Å². The summed E-state index contributed by atoms with van der Waals surface area (Å²) in [5.41, 5.74) is 1.10. The molecule has 0 saturated carbocycles. The zero-order chi connectivity index (χ0) is 24.6. The minimum absolute atomic E-state index is 0.0933. The van der Waals surface area contributed by atoms with Crippen LogP contribution in [0.2, 0.25) is 10.2 Å². The highest BCUT2D eigenvalue weighted by Crippen LogP contribution is 2.34. The summed E-state index contributed by atoms with van der Waals surface area (Å²) in [7, 11) is 1.57. The highest BCUT2D eigenvalue weighted by molar-refractivity contribution is 7.17. The number of nitrogens with zero attached hydrogens (tertiary/aromatic N) is 5. The van der Waals surface area contributed by atoms with Gasteiger partial charge in [0, 0.05) is 32.3 Å². The average Bonchev–Trinajstić information content (AvgIpc) is 3.53. The van der Waals surface area contributed by atoms with Crippen LogP contribution < -0.4 is 10.2 Å². The Morgan fingerprint density at radius 1 is 1.41 bits per heavy atom. The van der Waals surface area contributed by atoms with Crippen LogP contribution in [0.1, 0.15) is 39.1 Å². The van der Waals surface area contributed by atoms with Gasteiger partial charge in [-0.25, -0.2) is 19.4 Å². The first-order valence-corrected chi connectivity index (χ1v) is 12.1. The van der Waals surface area contributed by atoms with Gasteiger partial charge in [-0.3, -0.25) is 4.79 Å². The Kier molecular flexibility index (Phi) is 7.12. The normalized spacial score (nSPS) is 18.3. The van der Waals surface area contributed by atoms with Crippen molar-refractivity contribution in [3.05, 3.63) is 32.6 Å². The van der Waals surface area contributed by atoms with Gasteiger partial charge in [-0.05, 0) is 20.3 Å². The van der Waals surface area contributed by atoms with Crippen molar-refractivity contribution in [2.24, 2.45) is 0 Å². The summed E-state index contributed by atoms with van der Waals surface area (Å²) in [4.78, 5) is 38.3. The second-order valence-corrected chi connectivity index (χ2v) is 9.45. The fourth-order valence-corrected chi connectivity index (χ4v) is 5.25. The number of carbonyl (C=O) groups is 2. The summed E-state index contributed by atoms with van der Waals surface area (Å²) in [6.45, 7) is 5.10. The zero-order valence-electron chi connectivity index (χ0n) is 18.6. The number of aromatic carboxylic acids is 1. The molecule has 1 aliphatic heterocycles. The summed E-state index contributed by atoms with van der Waals surface area (Å²) in [6, 6.07) is -0.284. The van der Waals surface area contributed by atoms with Crippen molar-refractivity contribution in [1.29, 1.82) is 0 Å². The zero-order valence-corrected chi connectivity index (χ0v) is 21.0. The highest BCUT2D eigenvalue weighted by Gasteiger charge is 2.34. The number of anilines is 1. The van der Waals surface area contributed by atoms with E-state index >= 15 is 0 Å². The molecule has 34 heavy (non-hydrogen) atoms. The van der Waals surface area contributed by atoms with Crippen molar-refractivity contribution in [3.8, 4) is 11.5 Å². The van der Waals surface area contributed by atoms with E-state index in [0.29, 0.717) is 47.7 Å². The van der Waals surface area contributed by atoms with Gasteiger partial charge in [-0.15, -0.1) is 0 Å². The number of aromatic nitrogens is 5. The molecule has 0 aliphatic carbocycles. The second kappa shape index (κ2) is 9.90. The molecule has 11 nitrogen and oxygen atoms in total. The summed E-state index contributed by atoms with van der Waals surface area (Å²) >= 11 is 13.3. The van der Waals surface area contributed by atoms with Crippen molar-refractivity contribution >= 4 is 51.5 Å². The van der Waals surface area contributed by atoms with Gasteiger partial charge in [-0.2, -0.15) is 5.10 Å². The first kappa shape index (κ1) is 24.5. The van der Waals surface area contributed by atoms with E-state index in [-0.39, 0.29) is 39.3 Å². The number of halogens is 2. The monoisotopic (exact) mass is 527 g/mol. The summed E-state index contributed by atoms with van der Waals surface area (Å²) < 4.78 is 7.25. The van der Waals surface area contributed by atoms with E-state index < -0.39 is 5.97 Å². The fraction of sp³-hybridized carbons (Fsp3) is 0.450. The van der Waals surface area contributed by atoms with Crippen LogP contribution in [0.25, 0.3) is 11.5 Å². The third kappa shape index (κ3) is 4.50. The Hall–Kier alpha value is -2.67. The molecule has 1 aliphatic rings. The standard InChI is InChI=1S/C20H23Cl2N7O4S/c1-4-29-17(23-8-24-29)14-15(19(31)32)34-20(27-14)28-6-5-10(11(7-28)33-3)25-18(30)13-12(21)9(2)16(22)26-13/h8,10-11,26H,4-7H2,1-3H3,(H,25,30)(H,31,32)/t10-,11+/m1/s1. The number of nitrogens with one attached hydrogen (secondary N) is 2. The predicted molar refractivity (Wildman–Crippen MR) is 128 cm³/mol. The first-order chi connectivity index (χ1) is 16.2. The molecule has 4 heterocycles. The van der Waals surface area contributed by atoms with E-state index in [1.807, 2.05) is 11.8 Å². The highest BCUT2D eigenvalue weighted by atomic mass is 35.5. The van der Waals surface area contributed by atoms with E-state index in [1.165, 1.54) is 6.33 Å². The van der Waals surface area contributed by atoms with Crippen LogP contribution in [0, 0.1) is 6.92 Å². The molecule has 2 atom stereocenters. The van der Waals surface area contributed by atoms with Gasteiger partial charge in [0.2, 0.25) is 0 Å². The maximum atomic E-state index is 12.8. The molecule has 3 N–H and O–H groups in total. The number of aryl methyl sites for hydroxylation is 1. The first-order valence-electron chi connectivity index (χ1n) is 10.5. The van der Waals surface area contributed by atoms with Crippen LogP contribution in [-0.4, -0.2) is 74.1 Å². The van der Waals surface area contributed by atoms with Crippen LogP contribution in [-0.2, 0) is 11.3 Å². The number of carboxylic acid groups (broad SMARTS) is 1. The number of carbonyl (C=O) groups excluding carboxylic acids is 1. The molecule has 0 bridgehead atoms. The second-order valence-electron chi connectivity index (χ2n) is 7.72. The maximum Gasteiger partial charge on any atom is 0.348 e. The molecule has 14 heteroatoms. The lowest BCUT2D eigenvalue weighted by molar-refractivity contribution is 0.0540. The Bertz CT molecular complexity index is 1220. The molecule has 4 rings (SSSR count). The summed E-state index contributed by atoms with van der Waals surface area (Å²) in [5, 5.41) is 18.0. The topological polar surface area (TPSA) is 138 Å². The third-order valence-electron chi connectivity index (χ3n) is 5.73. The minimum atomic E-state index is -1.08. The minimum Gasteiger partial charge on any atom is -0.477 e. The quantitative estimate of drug-likeness (QED) is 0.426. The van der Waals surface area contributed by atoms with Crippen molar-refractivity contribution in [1.82, 2.24) is 30.0 Å². The lowest BCUT2D eigenvalue weighted by atomic mass is 10.0. The third-order valence-corrected chi connectivity index (χ3v) is 7.68. The molecular formula is C20H23Cl2N7O4S. The predicted octanol–water partition coefficient (Wildman–Crippen LogP) is 3.09. The molecular weight excluding hydrogens is 505 g/mol. The van der Waals surface area contributed by atoms with Gasteiger partial charge < -0.3 is 25.0 Å². The molecule has 0 aromatic carbocycles. The molecule has 1 fully saturated rings. The van der Waals surface area contributed by atoms with Gasteiger partial charge in [-0.1, -0.05) is 34.5 Å².